The average molecular weight is 377 g/mol. The normalized spacial score (nSPS) is 13.6. The molecule has 0 atom stereocenters. The van der Waals surface area contributed by atoms with Crippen molar-refractivity contribution in [1.82, 2.24) is 24.5 Å². The van der Waals surface area contributed by atoms with Gasteiger partial charge in [0.2, 0.25) is 5.91 Å². The second kappa shape index (κ2) is 7.62. The number of aryl methyl sites for hydroxylation is 2. The molecule has 1 amide bonds. The molecule has 0 spiro atoms. The van der Waals surface area contributed by atoms with Gasteiger partial charge < -0.3 is 4.90 Å². The SMILES string of the molecule is Cc1nn(C)c(C)c1CCC(=O)N1CCn2nc(Cc3ccccc3)cc2C1. The van der Waals surface area contributed by atoms with Gasteiger partial charge in [-0.3, -0.25) is 14.2 Å². The smallest absolute Gasteiger partial charge is 0.223 e. The van der Waals surface area contributed by atoms with Crippen LogP contribution in [0.15, 0.2) is 36.4 Å². The number of aromatic nitrogens is 4. The van der Waals surface area contributed by atoms with Gasteiger partial charge in [0.1, 0.15) is 0 Å². The number of benzene rings is 1. The molecule has 0 saturated heterocycles. The minimum Gasteiger partial charge on any atom is -0.335 e. The summed E-state index contributed by atoms with van der Waals surface area (Å²) in [6, 6.07) is 12.5. The van der Waals surface area contributed by atoms with Crippen LogP contribution < -0.4 is 0 Å². The highest BCUT2D eigenvalue weighted by atomic mass is 16.2. The average Bonchev–Trinajstić information content (AvgIpc) is 3.19. The van der Waals surface area contributed by atoms with Gasteiger partial charge in [-0.1, -0.05) is 30.3 Å². The molecule has 1 aliphatic heterocycles. The van der Waals surface area contributed by atoms with Gasteiger partial charge in [-0.05, 0) is 37.5 Å². The monoisotopic (exact) mass is 377 g/mol. The van der Waals surface area contributed by atoms with Crippen LogP contribution >= 0.6 is 0 Å². The fraction of sp³-hybridized carbons (Fsp3) is 0.409. The molecule has 0 radical (unpaired) electrons. The lowest BCUT2D eigenvalue weighted by atomic mass is 10.1. The molecule has 0 saturated carbocycles. The lowest BCUT2D eigenvalue weighted by Gasteiger charge is -2.27. The fourth-order valence-corrected chi connectivity index (χ4v) is 4.00. The number of fused-ring (bicyclic) bond motifs is 1. The summed E-state index contributed by atoms with van der Waals surface area (Å²) in [6.07, 6.45) is 2.10. The van der Waals surface area contributed by atoms with Gasteiger partial charge in [0.05, 0.1) is 30.2 Å². The largest absolute Gasteiger partial charge is 0.335 e. The third-order valence-electron chi connectivity index (χ3n) is 5.68. The van der Waals surface area contributed by atoms with Crippen molar-refractivity contribution in [2.75, 3.05) is 6.54 Å². The first-order chi connectivity index (χ1) is 13.5. The van der Waals surface area contributed by atoms with Gasteiger partial charge in [-0.25, -0.2) is 0 Å². The Balaban J connectivity index is 1.38. The highest BCUT2D eigenvalue weighted by molar-refractivity contribution is 5.76. The van der Waals surface area contributed by atoms with E-state index in [9.17, 15) is 4.79 Å². The molecule has 0 fully saturated rings. The summed E-state index contributed by atoms with van der Waals surface area (Å²) in [6.45, 7) is 6.21. The van der Waals surface area contributed by atoms with E-state index in [4.69, 9.17) is 5.10 Å². The van der Waals surface area contributed by atoms with E-state index in [1.165, 1.54) is 11.1 Å². The van der Waals surface area contributed by atoms with Gasteiger partial charge in [-0.15, -0.1) is 0 Å². The van der Waals surface area contributed by atoms with Crippen LogP contribution in [-0.4, -0.2) is 36.9 Å². The summed E-state index contributed by atoms with van der Waals surface area (Å²) in [5.41, 5.74) is 6.81. The minimum atomic E-state index is 0.208. The van der Waals surface area contributed by atoms with Crippen molar-refractivity contribution in [2.45, 2.75) is 46.2 Å². The highest BCUT2D eigenvalue weighted by Crippen LogP contribution is 2.19. The van der Waals surface area contributed by atoms with Gasteiger partial charge in [-0.2, -0.15) is 10.2 Å². The molecular weight excluding hydrogens is 350 g/mol. The number of hydrogen-bond donors (Lipinski definition) is 0. The maximum Gasteiger partial charge on any atom is 0.223 e. The zero-order chi connectivity index (χ0) is 19.7. The molecule has 146 valence electrons. The molecule has 0 aliphatic carbocycles. The van der Waals surface area contributed by atoms with Gasteiger partial charge in [0.15, 0.2) is 0 Å². The third kappa shape index (κ3) is 3.72. The molecule has 4 rings (SSSR count). The Morgan fingerprint density at radius 1 is 1.11 bits per heavy atom. The number of carbonyl (C=O) groups excluding carboxylic acids is 1. The van der Waals surface area contributed by atoms with E-state index in [1.807, 2.05) is 29.6 Å². The van der Waals surface area contributed by atoms with E-state index in [1.54, 1.807) is 0 Å². The van der Waals surface area contributed by atoms with Crippen molar-refractivity contribution in [3.8, 4) is 0 Å². The standard InChI is InChI=1S/C22H27N5O/c1-16-21(17(2)25(3)23-16)9-10-22(28)26-11-12-27-20(15-26)14-19(24-27)13-18-7-5-4-6-8-18/h4-8,14H,9-13,15H2,1-3H3. The Morgan fingerprint density at radius 2 is 1.89 bits per heavy atom. The molecule has 3 heterocycles. The lowest BCUT2D eigenvalue weighted by molar-refractivity contribution is -0.132. The highest BCUT2D eigenvalue weighted by Gasteiger charge is 2.23. The molecule has 0 bridgehead atoms. The van der Waals surface area contributed by atoms with Crippen molar-refractivity contribution in [3.05, 3.63) is 70.3 Å². The van der Waals surface area contributed by atoms with Crippen molar-refractivity contribution in [1.29, 1.82) is 0 Å². The zero-order valence-electron chi connectivity index (χ0n) is 16.9. The second-order valence-corrected chi connectivity index (χ2v) is 7.60. The molecule has 28 heavy (non-hydrogen) atoms. The molecule has 1 aromatic carbocycles. The number of carbonyl (C=O) groups is 1. The molecule has 1 aliphatic rings. The summed E-state index contributed by atoms with van der Waals surface area (Å²) >= 11 is 0. The molecule has 6 nitrogen and oxygen atoms in total. The van der Waals surface area contributed by atoms with Crippen LogP contribution in [0, 0.1) is 13.8 Å². The van der Waals surface area contributed by atoms with E-state index >= 15 is 0 Å². The maximum absolute atomic E-state index is 12.8. The quantitative estimate of drug-likeness (QED) is 0.687. The first-order valence-electron chi connectivity index (χ1n) is 9.87. The van der Waals surface area contributed by atoms with Gasteiger partial charge >= 0.3 is 0 Å². The molecular formula is C22H27N5O. The zero-order valence-corrected chi connectivity index (χ0v) is 16.9. The van der Waals surface area contributed by atoms with Crippen molar-refractivity contribution in [3.63, 3.8) is 0 Å². The topological polar surface area (TPSA) is 56.0 Å². The van der Waals surface area contributed by atoms with E-state index in [2.05, 4.69) is 47.0 Å². The summed E-state index contributed by atoms with van der Waals surface area (Å²) in [7, 11) is 1.95. The second-order valence-electron chi connectivity index (χ2n) is 7.60. The Bertz CT molecular complexity index is 986. The first-order valence-corrected chi connectivity index (χ1v) is 9.87. The number of rotatable bonds is 5. The summed E-state index contributed by atoms with van der Waals surface area (Å²) < 4.78 is 3.94. The van der Waals surface area contributed by atoms with Crippen molar-refractivity contribution in [2.24, 2.45) is 7.05 Å². The Hall–Kier alpha value is -2.89. The van der Waals surface area contributed by atoms with E-state index < -0.39 is 0 Å². The molecule has 3 aromatic rings. The van der Waals surface area contributed by atoms with Crippen molar-refractivity contribution < 1.29 is 4.79 Å². The van der Waals surface area contributed by atoms with Crippen LogP contribution in [0.5, 0.6) is 0 Å². The Kier molecular flexibility index (Phi) is 5.03. The van der Waals surface area contributed by atoms with Crippen LogP contribution in [0.1, 0.15) is 40.3 Å². The predicted octanol–water partition coefficient (Wildman–Crippen LogP) is 2.80. The summed E-state index contributed by atoms with van der Waals surface area (Å²) in [4.78, 5) is 14.7. The number of nitrogens with zero attached hydrogens (tertiary/aromatic N) is 5. The van der Waals surface area contributed by atoms with Crippen molar-refractivity contribution >= 4 is 5.91 Å². The molecule has 6 heteroatoms. The first kappa shape index (κ1) is 18.5. The summed E-state index contributed by atoms with van der Waals surface area (Å²) in [5.74, 6) is 0.208. The fourth-order valence-electron chi connectivity index (χ4n) is 4.00. The van der Waals surface area contributed by atoms with E-state index in [-0.39, 0.29) is 5.91 Å². The van der Waals surface area contributed by atoms with Crippen LogP contribution in [0.25, 0.3) is 0 Å². The molecule has 0 unspecified atom stereocenters. The van der Waals surface area contributed by atoms with E-state index in [0.717, 1.165) is 48.7 Å². The van der Waals surface area contributed by atoms with Crippen LogP contribution in [0.4, 0.5) is 0 Å². The molecule has 2 aromatic heterocycles. The van der Waals surface area contributed by atoms with Crippen LogP contribution in [-0.2, 0) is 37.8 Å². The van der Waals surface area contributed by atoms with E-state index in [0.29, 0.717) is 13.0 Å². The van der Waals surface area contributed by atoms with Crippen LogP contribution in [0.2, 0.25) is 0 Å². The Morgan fingerprint density at radius 3 is 2.61 bits per heavy atom. The molecule has 0 N–H and O–H groups in total. The summed E-state index contributed by atoms with van der Waals surface area (Å²) in [5, 5.41) is 9.18. The third-order valence-corrected chi connectivity index (χ3v) is 5.68. The van der Waals surface area contributed by atoms with Gasteiger partial charge in [0.25, 0.3) is 0 Å². The minimum absolute atomic E-state index is 0.208. The Labute approximate surface area is 165 Å². The lowest BCUT2D eigenvalue weighted by Crippen LogP contribution is -2.38. The number of amides is 1. The number of hydrogen-bond acceptors (Lipinski definition) is 3. The van der Waals surface area contributed by atoms with Crippen LogP contribution in [0.3, 0.4) is 0 Å². The van der Waals surface area contributed by atoms with Gasteiger partial charge in [0, 0.05) is 32.1 Å². The maximum atomic E-state index is 12.8. The predicted molar refractivity (Wildman–Crippen MR) is 108 cm³/mol.